The van der Waals surface area contributed by atoms with Crippen LogP contribution in [-0.2, 0) is 0 Å². The minimum atomic E-state index is -1.54. The standard InChI is InChI=1S/C16H16ClF3N4Si.C12H4Cl2F3N3.C4H13NSi/c1-25(2,3)8-22-15-13(12-10(19)6-9(18)7-11(12)20)14(17)23-16-21-4-5-24(15)16;13-10-9(8-6(16)3-5(15)4-7(8)17)11(14)20-2-1-18-12(20)19-10;1-6(2,3)4-5/h4-7,22H,8H2,1-3H3;1-4H;4-5H2,1-3H3. The maximum atomic E-state index is 14.3. The summed E-state index contributed by atoms with van der Waals surface area (Å²) in [5, 5.41) is 2.82. The number of hydrogen-bond acceptors (Lipinski definition) is 6. The summed E-state index contributed by atoms with van der Waals surface area (Å²) in [6.45, 7) is 13.2. The number of benzene rings is 2. The summed E-state index contributed by atoms with van der Waals surface area (Å²) in [5.74, 6) is -5.50. The lowest BCUT2D eigenvalue weighted by atomic mass is 10.1. The average Bonchev–Trinajstić information content (AvgIpc) is 3.67. The van der Waals surface area contributed by atoms with Crippen molar-refractivity contribution < 1.29 is 26.3 Å². The molecule has 2 aromatic carbocycles. The summed E-state index contributed by atoms with van der Waals surface area (Å²) in [4.78, 5) is 15.9. The van der Waals surface area contributed by atoms with E-state index in [0.717, 1.165) is 6.17 Å². The second-order valence-corrected chi connectivity index (χ2v) is 25.6. The summed E-state index contributed by atoms with van der Waals surface area (Å²) in [5.41, 5.74) is 4.29. The summed E-state index contributed by atoms with van der Waals surface area (Å²) >= 11 is 18.2. The van der Waals surface area contributed by atoms with Crippen LogP contribution >= 0.6 is 34.8 Å². The Bertz CT molecular complexity index is 2160. The van der Waals surface area contributed by atoms with E-state index in [-0.39, 0.29) is 32.4 Å². The number of nitrogens with zero attached hydrogens (tertiary/aromatic N) is 6. The van der Waals surface area contributed by atoms with Gasteiger partial charge >= 0.3 is 0 Å². The predicted molar refractivity (Wildman–Crippen MR) is 196 cm³/mol. The van der Waals surface area contributed by atoms with E-state index in [1.54, 1.807) is 10.6 Å². The average molecular weight is 806 g/mol. The van der Waals surface area contributed by atoms with Gasteiger partial charge in [-0.25, -0.2) is 36.3 Å². The normalized spacial score (nSPS) is 11.7. The molecular weight excluding hydrogens is 773 g/mol. The number of hydrogen-bond donors (Lipinski definition) is 2. The zero-order valence-corrected chi connectivity index (χ0v) is 32.5. The van der Waals surface area contributed by atoms with Crippen LogP contribution in [0.1, 0.15) is 0 Å². The highest BCUT2D eigenvalue weighted by molar-refractivity contribution is 6.76. The summed E-state index contributed by atoms with van der Waals surface area (Å²) in [7, 11) is -2.39. The lowest BCUT2D eigenvalue weighted by molar-refractivity contribution is 0.546. The van der Waals surface area contributed by atoms with Crippen molar-refractivity contribution in [3.63, 3.8) is 0 Å². The highest BCUT2D eigenvalue weighted by atomic mass is 35.5. The van der Waals surface area contributed by atoms with E-state index < -0.39 is 62.2 Å². The van der Waals surface area contributed by atoms with Gasteiger partial charge in [-0.05, 0) is 6.17 Å². The highest BCUT2D eigenvalue weighted by Gasteiger charge is 2.25. The first-order valence-electron chi connectivity index (χ1n) is 15.2. The van der Waals surface area contributed by atoms with Crippen molar-refractivity contribution in [1.29, 1.82) is 0 Å². The lowest BCUT2D eigenvalue weighted by Crippen LogP contribution is -2.32. The van der Waals surface area contributed by atoms with E-state index >= 15 is 0 Å². The first-order valence-corrected chi connectivity index (χ1v) is 23.7. The Balaban J connectivity index is 0.000000201. The molecule has 0 fully saturated rings. The van der Waals surface area contributed by atoms with Crippen LogP contribution in [0.2, 0.25) is 54.7 Å². The van der Waals surface area contributed by atoms with Gasteiger partial charge in [0.25, 0.3) is 0 Å². The summed E-state index contributed by atoms with van der Waals surface area (Å²) in [6.07, 6.45) is 7.55. The number of nitrogens with two attached hydrogens (primary N) is 1. The van der Waals surface area contributed by atoms with Crippen LogP contribution in [0.15, 0.2) is 49.1 Å². The first kappa shape index (κ1) is 40.1. The van der Waals surface area contributed by atoms with Crippen LogP contribution in [0.25, 0.3) is 33.8 Å². The molecule has 0 saturated heterocycles. The number of rotatable bonds is 6. The minimum Gasteiger partial charge on any atom is -0.373 e. The van der Waals surface area contributed by atoms with Crippen LogP contribution < -0.4 is 11.1 Å². The van der Waals surface area contributed by atoms with Crippen molar-refractivity contribution in [3.05, 3.63) is 99.4 Å². The molecule has 0 amide bonds. The molecule has 0 bridgehead atoms. The molecule has 0 unspecified atom stereocenters. The van der Waals surface area contributed by atoms with Crippen LogP contribution in [0.5, 0.6) is 0 Å². The molecule has 19 heteroatoms. The van der Waals surface area contributed by atoms with Crippen molar-refractivity contribution in [2.75, 3.05) is 17.7 Å². The number of nitrogens with one attached hydrogen (secondary N) is 1. The van der Waals surface area contributed by atoms with Crippen molar-refractivity contribution in [2.24, 2.45) is 5.73 Å². The molecule has 0 saturated carbocycles. The maximum absolute atomic E-state index is 14.3. The minimum absolute atomic E-state index is 0.0421. The van der Waals surface area contributed by atoms with E-state index in [2.05, 4.69) is 64.5 Å². The van der Waals surface area contributed by atoms with Crippen molar-refractivity contribution in [2.45, 2.75) is 39.3 Å². The molecular formula is C32H33Cl3F6N8Si2. The smallest absolute Gasteiger partial charge is 0.236 e. The Morgan fingerprint density at radius 2 is 1.02 bits per heavy atom. The van der Waals surface area contributed by atoms with Gasteiger partial charge in [0, 0.05) is 55.2 Å². The van der Waals surface area contributed by atoms with Gasteiger partial charge in [-0.2, -0.15) is 9.97 Å². The lowest BCUT2D eigenvalue weighted by Gasteiger charge is -2.21. The first-order chi connectivity index (χ1) is 23.7. The number of fused-ring (bicyclic) bond motifs is 2. The fourth-order valence-corrected chi connectivity index (χ4v) is 5.89. The maximum Gasteiger partial charge on any atom is 0.236 e. The molecule has 0 aliphatic rings. The molecule has 4 heterocycles. The quantitative estimate of drug-likeness (QED) is 0.0989. The van der Waals surface area contributed by atoms with E-state index in [1.165, 1.54) is 23.0 Å². The molecule has 8 nitrogen and oxygen atoms in total. The van der Waals surface area contributed by atoms with Gasteiger partial charge in [-0.15, -0.1) is 0 Å². The fourth-order valence-electron chi connectivity index (χ4n) is 4.31. The van der Waals surface area contributed by atoms with Gasteiger partial charge in [0.1, 0.15) is 56.2 Å². The molecule has 0 spiro atoms. The predicted octanol–water partition coefficient (Wildman–Crippen LogP) is 9.70. The Hall–Kier alpha value is -3.68. The number of anilines is 1. The molecule has 0 aliphatic carbocycles. The van der Waals surface area contributed by atoms with Crippen molar-refractivity contribution in [3.8, 4) is 22.3 Å². The second-order valence-electron chi connectivity index (χ2n) is 13.6. The monoisotopic (exact) mass is 804 g/mol. The largest absolute Gasteiger partial charge is 0.373 e. The number of imidazole rings is 2. The second kappa shape index (κ2) is 15.9. The molecule has 272 valence electrons. The molecule has 0 atom stereocenters. The van der Waals surface area contributed by atoms with Crippen LogP contribution in [0.3, 0.4) is 0 Å². The van der Waals surface area contributed by atoms with Gasteiger partial charge in [0.2, 0.25) is 11.6 Å². The summed E-state index contributed by atoms with van der Waals surface area (Å²) in [6, 6.07) is 2.33. The Morgan fingerprint density at radius 1 is 0.627 bits per heavy atom. The number of halogens is 9. The van der Waals surface area contributed by atoms with Gasteiger partial charge in [0.15, 0.2) is 0 Å². The fraction of sp³-hybridized carbons (Fsp3) is 0.250. The van der Waals surface area contributed by atoms with Crippen LogP contribution in [0.4, 0.5) is 32.2 Å². The van der Waals surface area contributed by atoms with Gasteiger partial charge in [-0.3, -0.25) is 8.80 Å². The Morgan fingerprint density at radius 3 is 1.45 bits per heavy atom. The highest BCUT2D eigenvalue weighted by Crippen LogP contribution is 2.39. The molecule has 6 aromatic rings. The third-order valence-corrected chi connectivity index (χ3v) is 10.2. The van der Waals surface area contributed by atoms with Gasteiger partial charge in [0.05, 0.1) is 38.4 Å². The Kier molecular flexibility index (Phi) is 12.5. The van der Waals surface area contributed by atoms with Crippen LogP contribution in [0, 0.1) is 34.9 Å². The third-order valence-electron chi connectivity index (χ3n) is 6.86. The Labute approximate surface area is 306 Å². The molecule has 6 rings (SSSR count). The topological polar surface area (TPSA) is 98.4 Å². The van der Waals surface area contributed by atoms with Crippen molar-refractivity contribution >= 4 is 68.3 Å². The number of aromatic nitrogens is 6. The van der Waals surface area contributed by atoms with E-state index in [1.807, 2.05) is 0 Å². The van der Waals surface area contributed by atoms with E-state index in [9.17, 15) is 26.3 Å². The summed E-state index contributed by atoms with van der Waals surface area (Å²) < 4.78 is 85.5. The zero-order valence-electron chi connectivity index (χ0n) is 28.2. The van der Waals surface area contributed by atoms with Gasteiger partial charge < -0.3 is 11.1 Å². The van der Waals surface area contributed by atoms with Crippen molar-refractivity contribution in [1.82, 2.24) is 28.7 Å². The SMILES string of the molecule is C[Si](C)(C)CN.C[Si](C)(C)CNc1c(-c2c(F)cc(F)cc2F)c(Cl)nc2nccn12.Fc1cc(F)c(-c2c(Cl)nc3nccn3c2Cl)c(F)c1. The van der Waals surface area contributed by atoms with E-state index in [0.29, 0.717) is 42.0 Å². The molecule has 0 radical (unpaired) electrons. The molecule has 3 N–H and O–H groups in total. The van der Waals surface area contributed by atoms with Gasteiger partial charge in [-0.1, -0.05) is 74.1 Å². The van der Waals surface area contributed by atoms with Crippen LogP contribution in [-0.4, -0.2) is 57.2 Å². The molecule has 51 heavy (non-hydrogen) atoms. The molecule has 4 aromatic heterocycles. The van der Waals surface area contributed by atoms with E-state index in [4.69, 9.17) is 40.5 Å². The zero-order chi connectivity index (χ0) is 38.0. The third kappa shape index (κ3) is 9.61. The molecule has 0 aliphatic heterocycles.